The second-order valence-electron chi connectivity index (χ2n) is 3.42. The van der Waals surface area contributed by atoms with Crippen LogP contribution in [0.5, 0.6) is 0 Å². The predicted octanol–water partition coefficient (Wildman–Crippen LogP) is -0.657. The average Bonchev–Trinajstić information content (AvgIpc) is 2.16. The van der Waals surface area contributed by atoms with Gasteiger partial charge in [0, 0.05) is 19.5 Å². The van der Waals surface area contributed by atoms with Gasteiger partial charge in [-0.05, 0) is 0 Å². The highest BCUT2D eigenvalue weighted by atomic mass is 32.2. The zero-order valence-electron chi connectivity index (χ0n) is 9.47. The summed E-state index contributed by atoms with van der Waals surface area (Å²) in [7, 11) is -1.15. The zero-order valence-corrected chi connectivity index (χ0v) is 11.1. The number of hydrogen-bond acceptors (Lipinski definition) is 5. The first kappa shape index (κ1) is 15.3. The minimum absolute atomic E-state index is 0.147. The Hall–Kier alpha value is -0.730. The van der Waals surface area contributed by atoms with Gasteiger partial charge in [-0.25, -0.2) is 12.7 Å². The molecule has 0 radical (unpaired) electrons. The van der Waals surface area contributed by atoms with E-state index in [2.05, 4.69) is 4.74 Å². The van der Waals surface area contributed by atoms with Gasteiger partial charge in [0.2, 0.25) is 10.0 Å². The largest absolute Gasteiger partial charge is 0.468 e. The number of sulfonamides is 1. The van der Waals surface area contributed by atoms with E-state index in [0.717, 1.165) is 11.4 Å². The van der Waals surface area contributed by atoms with E-state index in [1.807, 2.05) is 0 Å². The van der Waals surface area contributed by atoms with Crippen molar-refractivity contribution < 1.29 is 17.9 Å². The molecule has 16 heavy (non-hydrogen) atoms. The minimum Gasteiger partial charge on any atom is -0.468 e. The summed E-state index contributed by atoms with van der Waals surface area (Å²) >= 11 is 4.73. The van der Waals surface area contributed by atoms with Crippen molar-refractivity contribution >= 4 is 33.2 Å². The lowest BCUT2D eigenvalue weighted by atomic mass is 10.2. The molecule has 6 nitrogen and oxygen atoms in total. The fourth-order valence-corrected chi connectivity index (χ4v) is 2.07. The highest BCUT2D eigenvalue weighted by Crippen LogP contribution is 2.05. The summed E-state index contributed by atoms with van der Waals surface area (Å²) in [5, 5.41) is 0. The van der Waals surface area contributed by atoms with Crippen molar-refractivity contribution in [2.45, 2.75) is 6.92 Å². The number of thiocarbonyl (C=S) groups is 1. The van der Waals surface area contributed by atoms with Crippen LogP contribution in [0.2, 0.25) is 0 Å². The number of nitrogens with zero attached hydrogens (tertiary/aromatic N) is 1. The van der Waals surface area contributed by atoms with Gasteiger partial charge in [0.05, 0.1) is 12.1 Å². The van der Waals surface area contributed by atoms with Crippen molar-refractivity contribution in [1.29, 1.82) is 0 Å². The molecule has 0 aromatic rings. The fourth-order valence-electron chi connectivity index (χ4n) is 0.907. The van der Waals surface area contributed by atoms with E-state index in [0.29, 0.717) is 0 Å². The maximum Gasteiger partial charge on any atom is 0.322 e. The number of ether oxygens (including phenoxy) is 1. The molecule has 0 aromatic carbocycles. The Morgan fingerprint density at radius 3 is 2.44 bits per heavy atom. The molecule has 0 amide bonds. The van der Waals surface area contributed by atoms with Crippen LogP contribution in [0, 0.1) is 5.92 Å². The first-order valence-corrected chi connectivity index (χ1v) is 6.52. The third-order valence-electron chi connectivity index (χ3n) is 2.02. The summed E-state index contributed by atoms with van der Waals surface area (Å²) in [5.41, 5.74) is 5.37. The number of esters is 1. The summed E-state index contributed by atoms with van der Waals surface area (Å²) in [4.78, 5) is 11.1. The van der Waals surface area contributed by atoms with Gasteiger partial charge in [-0.2, -0.15) is 0 Å². The van der Waals surface area contributed by atoms with Crippen molar-refractivity contribution in [3.63, 3.8) is 0 Å². The van der Waals surface area contributed by atoms with Crippen LogP contribution < -0.4 is 5.73 Å². The van der Waals surface area contributed by atoms with E-state index in [9.17, 15) is 13.2 Å². The average molecular weight is 268 g/mol. The van der Waals surface area contributed by atoms with E-state index in [-0.39, 0.29) is 17.5 Å². The van der Waals surface area contributed by atoms with Gasteiger partial charge in [0.1, 0.15) is 0 Å². The van der Waals surface area contributed by atoms with Gasteiger partial charge < -0.3 is 10.5 Å². The van der Waals surface area contributed by atoms with Gasteiger partial charge in [0.15, 0.2) is 5.75 Å². The van der Waals surface area contributed by atoms with Crippen LogP contribution >= 0.6 is 12.2 Å². The van der Waals surface area contributed by atoms with Gasteiger partial charge >= 0.3 is 5.97 Å². The summed E-state index contributed by atoms with van der Waals surface area (Å²) < 4.78 is 28.5. The number of carbonyl (C=O) groups excluding carboxylic acids is 1. The van der Waals surface area contributed by atoms with E-state index < -0.39 is 21.7 Å². The Morgan fingerprint density at radius 2 is 2.06 bits per heavy atom. The SMILES string of the molecule is COC(=O)CS(=O)(=O)N(C)CC(C)C(N)=S. The molecule has 0 rings (SSSR count). The number of methoxy groups -OCH3 is 1. The van der Waals surface area contributed by atoms with E-state index in [1.54, 1.807) is 6.92 Å². The molecule has 1 atom stereocenters. The number of carbonyl (C=O) groups is 1. The maximum absolute atomic E-state index is 11.6. The van der Waals surface area contributed by atoms with Crippen LogP contribution in [0.4, 0.5) is 0 Å². The molecule has 0 aliphatic carbocycles. The third kappa shape index (κ3) is 4.86. The van der Waals surface area contributed by atoms with Crippen LogP contribution in [0.25, 0.3) is 0 Å². The molecule has 1 unspecified atom stereocenters. The zero-order chi connectivity index (χ0) is 12.9. The number of nitrogens with two attached hydrogens (primary N) is 1. The van der Waals surface area contributed by atoms with Crippen LogP contribution in [0.15, 0.2) is 0 Å². The van der Waals surface area contributed by atoms with Crippen LogP contribution in [-0.2, 0) is 19.6 Å². The van der Waals surface area contributed by atoms with Crippen molar-refractivity contribution in [3.05, 3.63) is 0 Å². The van der Waals surface area contributed by atoms with Crippen molar-refractivity contribution in [3.8, 4) is 0 Å². The molecule has 0 spiro atoms. The van der Waals surface area contributed by atoms with Crippen LogP contribution in [0.3, 0.4) is 0 Å². The first-order valence-electron chi connectivity index (χ1n) is 4.51. The lowest BCUT2D eigenvalue weighted by Gasteiger charge is -2.19. The van der Waals surface area contributed by atoms with Crippen molar-refractivity contribution in [1.82, 2.24) is 4.31 Å². The molecule has 0 bridgehead atoms. The number of hydrogen-bond donors (Lipinski definition) is 1. The summed E-state index contributed by atoms with van der Waals surface area (Å²) in [6.45, 7) is 1.86. The normalized spacial score (nSPS) is 13.5. The summed E-state index contributed by atoms with van der Waals surface area (Å²) in [6.07, 6.45) is 0. The molecule has 94 valence electrons. The molecule has 2 N–H and O–H groups in total. The molecule has 0 aromatic heterocycles. The van der Waals surface area contributed by atoms with Gasteiger partial charge in [-0.3, -0.25) is 4.79 Å². The highest BCUT2D eigenvalue weighted by Gasteiger charge is 2.24. The monoisotopic (exact) mass is 268 g/mol. The van der Waals surface area contributed by atoms with Crippen LogP contribution in [0.1, 0.15) is 6.92 Å². The van der Waals surface area contributed by atoms with E-state index >= 15 is 0 Å². The second kappa shape index (κ2) is 6.12. The standard InChI is InChI=1S/C8H16N2O4S2/c1-6(8(9)15)4-10(2)16(12,13)5-7(11)14-3/h6H,4-5H2,1-3H3,(H2,9,15). The van der Waals surface area contributed by atoms with E-state index in [4.69, 9.17) is 18.0 Å². The van der Waals surface area contributed by atoms with Gasteiger partial charge in [-0.1, -0.05) is 19.1 Å². The topological polar surface area (TPSA) is 89.7 Å². The molecule has 0 fully saturated rings. The van der Waals surface area contributed by atoms with E-state index in [1.165, 1.54) is 7.05 Å². The second-order valence-corrected chi connectivity index (χ2v) is 5.96. The molecular weight excluding hydrogens is 252 g/mol. The van der Waals surface area contributed by atoms with Crippen molar-refractivity contribution in [2.24, 2.45) is 11.7 Å². The molecule has 0 aliphatic rings. The van der Waals surface area contributed by atoms with Crippen molar-refractivity contribution in [2.75, 3.05) is 26.5 Å². The first-order chi connectivity index (χ1) is 7.20. The highest BCUT2D eigenvalue weighted by molar-refractivity contribution is 7.89. The maximum atomic E-state index is 11.6. The molecule has 0 saturated heterocycles. The molecule has 8 heteroatoms. The van der Waals surface area contributed by atoms with Crippen LogP contribution in [-0.4, -0.2) is 50.1 Å². The Balaban J connectivity index is 4.53. The Labute approximate surface area is 101 Å². The molecule has 0 aliphatic heterocycles. The molecular formula is C8H16N2O4S2. The lowest BCUT2D eigenvalue weighted by Crippen LogP contribution is -2.38. The third-order valence-corrected chi connectivity index (χ3v) is 4.12. The Kier molecular flexibility index (Phi) is 5.84. The summed E-state index contributed by atoms with van der Waals surface area (Å²) in [6, 6.07) is 0. The fraction of sp³-hybridized carbons (Fsp3) is 0.750. The Bertz CT molecular complexity index is 366. The quantitative estimate of drug-likeness (QED) is 0.508. The minimum atomic E-state index is -3.66. The molecule has 0 saturated carbocycles. The van der Waals surface area contributed by atoms with Gasteiger partial charge in [-0.15, -0.1) is 0 Å². The smallest absolute Gasteiger partial charge is 0.322 e. The number of rotatable bonds is 6. The molecule has 0 heterocycles. The predicted molar refractivity (Wildman–Crippen MR) is 64.4 cm³/mol. The van der Waals surface area contributed by atoms with Gasteiger partial charge in [0.25, 0.3) is 0 Å². The Morgan fingerprint density at radius 1 is 1.56 bits per heavy atom. The summed E-state index contributed by atoms with van der Waals surface area (Å²) in [5.74, 6) is -1.72. The lowest BCUT2D eigenvalue weighted by molar-refractivity contribution is -0.137.